The Morgan fingerprint density at radius 1 is 0.409 bits per heavy atom. The van der Waals surface area contributed by atoms with E-state index in [4.69, 9.17) is 38.7 Å². The number of primary amides is 1. The zero-order valence-electron chi connectivity index (χ0n) is 71.5. The lowest BCUT2D eigenvalue weighted by Gasteiger charge is -2.45. The molecule has 0 aromatic rings. The number of nitrogens with one attached hydrogen (secondary N) is 2. The molecular weight excluding hydrogens is 1420 g/mol. The van der Waals surface area contributed by atoms with Crippen LogP contribution in [0.2, 0.25) is 0 Å². The summed E-state index contributed by atoms with van der Waals surface area (Å²) in [6.07, 6.45) is 38.9. The fraction of sp³-hybridized carbons (Fsp3) is 0.920. The lowest BCUT2D eigenvalue weighted by molar-refractivity contribution is -0.272. The fourth-order valence-electron chi connectivity index (χ4n) is 14.2. The Morgan fingerprint density at radius 2 is 0.709 bits per heavy atom. The molecule has 0 saturated carbocycles. The van der Waals surface area contributed by atoms with Gasteiger partial charge in [0, 0.05) is 19.3 Å². The van der Waals surface area contributed by atoms with Gasteiger partial charge in [0.1, 0.15) is 42.6 Å². The number of hydrogen-bond donors (Lipinski definition) is 6. The van der Waals surface area contributed by atoms with E-state index in [0.717, 1.165) is 212 Å². The summed E-state index contributed by atoms with van der Waals surface area (Å²) in [6, 6.07) is -3.33. The molecule has 1 rings (SSSR count). The van der Waals surface area contributed by atoms with Gasteiger partial charge in [0.2, 0.25) is 17.7 Å². The number of unbranched alkanes of at least 4 members (excludes halogenated alkanes) is 42. The molecule has 1 aliphatic rings. The molecule has 0 aromatic carbocycles. The molecular formula is C87H167N4O18P. The Kier molecular flexibility index (Phi) is 71.6. The van der Waals surface area contributed by atoms with Crippen LogP contribution in [-0.2, 0) is 71.1 Å². The van der Waals surface area contributed by atoms with Crippen LogP contribution < -0.4 is 16.4 Å². The molecule has 3 amide bonds. The Hall–Kier alpha value is -3.76. The van der Waals surface area contributed by atoms with Crippen LogP contribution in [0.15, 0.2) is 0 Å². The van der Waals surface area contributed by atoms with Crippen molar-refractivity contribution in [1.82, 2.24) is 15.5 Å². The van der Waals surface area contributed by atoms with E-state index in [-0.39, 0.29) is 25.7 Å². The van der Waals surface area contributed by atoms with Gasteiger partial charge in [-0.25, -0.2) is 4.57 Å². The van der Waals surface area contributed by atoms with Gasteiger partial charge < -0.3 is 64.6 Å². The van der Waals surface area contributed by atoms with Gasteiger partial charge in [-0.1, -0.05) is 332 Å². The average Bonchev–Trinajstić information content (AvgIpc) is 0.780. The first-order valence-electron chi connectivity index (χ1n) is 45.2. The summed E-state index contributed by atoms with van der Waals surface area (Å²) >= 11 is 0. The van der Waals surface area contributed by atoms with Crippen LogP contribution in [0.1, 0.15) is 428 Å². The number of nitrogens with two attached hydrogens (primary N) is 1. The third-order valence-electron chi connectivity index (χ3n) is 21.1. The largest absolute Gasteiger partial charge is 0.470 e. The molecule has 648 valence electrons. The zero-order valence-corrected chi connectivity index (χ0v) is 72.4. The molecule has 1 saturated heterocycles. The van der Waals surface area contributed by atoms with Crippen molar-refractivity contribution in [2.24, 2.45) is 5.73 Å². The summed E-state index contributed by atoms with van der Waals surface area (Å²) < 4.78 is 55.1. The Labute approximate surface area is 669 Å². The number of carbonyl (C=O) groups excluding carboxylic acids is 7. The summed E-state index contributed by atoms with van der Waals surface area (Å²) in [5.41, 5.74) is 5.98. The van der Waals surface area contributed by atoms with Crippen LogP contribution in [0.4, 0.5) is 0 Å². The summed E-state index contributed by atoms with van der Waals surface area (Å²) in [6.45, 7) is 21.4. The molecule has 0 radical (unpaired) electrons. The standard InChI is InChI=1S/C81H152N3O18P.C6H15N/c1-7-13-19-25-31-34-40-43-49-55-66(97-73(88)58-52-46-37-28-22-16-10-4)61-71(86)83-69(80(82)92)65-96-81-77(84-72(87)62-67(56-50-44-41-35-32-26-20-14-8-2)98-74(89)59-53-47-38-29-23-17-11-5)79(78(70(64-85)100-81)102-103(93,94)95)101-76(91)63-68(57-51-45-42-36-33-27-21-15-9-3)99-75(90)60-54-48-39-30-24-18-12-6;1-4-7(5-2)6-3/h66-70,77-79,81,85H,7-65H2,1-6H3,(H2,82,92)(H,83,86)(H,84,87)(H2,93,94,95);4-6H2,1-3H3/t66-,67-,68-,69+,70-,77-,78-,79-,81-;/m1./s1. The summed E-state index contributed by atoms with van der Waals surface area (Å²) in [7, 11) is -5.55. The Bertz CT molecular complexity index is 2270. The maximum Gasteiger partial charge on any atom is 0.470 e. The first kappa shape index (κ1) is 106. The molecule has 1 fully saturated rings. The molecule has 0 unspecified atom stereocenters. The SMILES string of the molecule is CCCCCCCCCCC[C@H](CC(=O)N[C@H]1[C@H](OC[C@H](NC(=O)C[C@@H](CCCCCCCCCCC)OC(=O)CCCCCCCCC)C(N)=O)O[C@H](CO)[C@@H](OP(=O)(O)O)[C@@H]1OC(=O)C[C@@H](CCCCCCCCCCC)OC(=O)CCCCCCCCC)OC(=O)CCCCCCCCC.CCN(CC)CC. The van der Waals surface area contributed by atoms with E-state index >= 15 is 0 Å². The van der Waals surface area contributed by atoms with E-state index in [1.54, 1.807) is 0 Å². The normalized spacial score (nSPS) is 16.8. The van der Waals surface area contributed by atoms with Crippen molar-refractivity contribution < 1.29 is 86.0 Å². The van der Waals surface area contributed by atoms with Gasteiger partial charge in [-0.15, -0.1) is 0 Å². The highest BCUT2D eigenvalue weighted by Crippen LogP contribution is 2.42. The van der Waals surface area contributed by atoms with Gasteiger partial charge in [0.25, 0.3) is 0 Å². The number of aliphatic hydroxyl groups excluding tert-OH is 1. The number of nitrogens with zero attached hydrogens (tertiary/aromatic N) is 1. The number of hydrogen-bond acceptors (Lipinski definition) is 17. The van der Waals surface area contributed by atoms with Crippen LogP contribution >= 0.6 is 7.82 Å². The second-order valence-corrected chi connectivity index (χ2v) is 32.4. The average molecular weight is 1590 g/mol. The Balaban J connectivity index is 0.0000161. The molecule has 9 atom stereocenters. The van der Waals surface area contributed by atoms with Gasteiger partial charge in [-0.3, -0.25) is 38.1 Å². The zero-order chi connectivity index (χ0) is 81.5. The smallest absolute Gasteiger partial charge is 0.462 e. The second-order valence-electron chi connectivity index (χ2n) is 31.2. The van der Waals surface area contributed by atoms with Crippen molar-refractivity contribution in [2.45, 2.75) is 483 Å². The lowest BCUT2D eigenvalue weighted by atomic mass is 9.95. The van der Waals surface area contributed by atoms with Crippen molar-refractivity contribution in [3.8, 4) is 0 Å². The molecule has 22 nitrogen and oxygen atoms in total. The molecule has 1 heterocycles. The van der Waals surface area contributed by atoms with Crippen LogP contribution in [0.3, 0.4) is 0 Å². The van der Waals surface area contributed by atoms with E-state index in [2.05, 4.69) is 77.8 Å². The molecule has 0 aromatic heterocycles. The molecule has 23 heteroatoms. The topological polar surface area (TPSA) is 315 Å². The van der Waals surface area contributed by atoms with Gasteiger partial charge in [-0.2, -0.15) is 0 Å². The number of phosphoric ester groups is 1. The molecule has 0 bridgehead atoms. The van der Waals surface area contributed by atoms with Crippen molar-refractivity contribution in [2.75, 3.05) is 32.8 Å². The summed E-state index contributed by atoms with van der Waals surface area (Å²) in [4.78, 5) is 121. The minimum Gasteiger partial charge on any atom is -0.462 e. The van der Waals surface area contributed by atoms with Crippen LogP contribution in [0, 0.1) is 0 Å². The highest BCUT2D eigenvalue weighted by Gasteiger charge is 2.52. The summed E-state index contributed by atoms with van der Waals surface area (Å²) in [5, 5.41) is 16.4. The van der Waals surface area contributed by atoms with Gasteiger partial charge in [0.05, 0.1) is 32.5 Å². The third kappa shape index (κ3) is 61.7. The van der Waals surface area contributed by atoms with Crippen LogP contribution in [-0.4, -0.2) is 149 Å². The number of phosphoric acid groups is 1. The van der Waals surface area contributed by atoms with Crippen molar-refractivity contribution in [3.05, 3.63) is 0 Å². The minimum absolute atomic E-state index is 0.134. The number of amides is 3. The summed E-state index contributed by atoms with van der Waals surface area (Å²) in [5.74, 6) is -4.87. The fourth-order valence-corrected chi connectivity index (χ4v) is 14.8. The van der Waals surface area contributed by atoms with Crippen molar-refractivity contribution in [1.29, 1.82) is 0 Å². The van der Waals surface area contributed by atoms with E-state index in [9.17, 15) is 53.0 Å². The van der Waals surface area contributed by atoms with E-state index in [0.29, 0.717) is 57.8 Å². The van der Waals surface area contributed by atoms with Crippen molar-refractivity contribution in [3.63, 3.8) is 0 Å². The molecule has 0 spiro atoms. The maximum atomic E-state index is 14.8. The third-order valence-corrected chi connectivity index (χ3v) is 21.6. The number of aliphatic hydroxyl groups is 1. The molecule has 110 heavy (non-hydrogen) atoms. The van der Waals surface area contributed by atoms with Crippen molar-refractivity contribution >= 4 is 49.4 Å². The Morgan fingerprint density at radius 3 is 1.00 bits per heavy atom. The van der Waals surface area contributed by atoms with Crippen LogP contribution in [0.25, 0.3) is 0 Å². The van der Waals surface area contributed by atoms with Gasteiger partial charge >= 0.3 is 31.7 Å². The van der Waals surface area contributed by atoms with E-state index in [1.165, 1.54) is 77.4 Å². The monoisotopic (exact) mass is 1590 g/mol. The predicted molar refractivity (Wildman–Crippen MR) is 442 cm³/mol. The predicted octanol–water partition coefficient (Wildman–Crippen LogP) is 20.0. The van der Waals surface area contributed by atoms with E-state index in [1.807, 2.05) is 0 Å². The highest BCUT2D eigenvalue weighted by molar-refractivity contribution is 7.46. The first-order valence-corrected chi connectivity index (χ1v) is 46.7. The lowest BCUT2D eigenvalue weighted by Crippen LogP contribution is -2.67. The molecule has 0 aliphatic carbocycles. The molecule has 1 aliphatic heterocycles. The minimum atomic E-state index is -5.55. The van der Waals surface area contributed by atoms with E-state index < -0.39 is 130 Å². The van der Waals surface area contributed by atoms with Gasteiger partial charge in [0.15, 0.2) is 12.4 Å². The number of carbonyl (C=O) groups is 7. The van der Waals surface area contributed by atoms with Gasteiger partial charge in [-0.05, 0) is 77.4 Å². The first-order chi connectivity index (χ1) is 53.2. The number of esters is 4. The molecule has 7 N–H and O–H groups in total. The number of ether oxygens (including phenoxy) is 6. The highest BCUT2D eigenvalue weighted by atomic mass is 31.2. The number of rotatable bonds is 76. The second kappa shape index (κ2) is 74.1. The maximum absolute atomic E-state index is 14.8. The van der Waals surface area contributed by atoms with Crippen LogP contribution in [0.5, 0.6) is 0 Å². The quantitative estimate of drug-likeness (QED) is 0.0143.